The average Bonchev–Trinajstić information content (AvgIpc) is 2.71. The number of hydrogen-bond acceptors (Lipinski definition) is 4. The van der Waals surface area contributed by atoms with Gasteiger partial charge in [0.25, 0.3) is 0 Å². The molecule has 14 heavy (non-hydrogen) atoms. The van der Waals surface area contributed by atoms with Crippen molar-refractivity contribution in [2.24, 2.45) is 5.73 Å². The first kappa shape index (κ1) is 9.14. The summed E-state index contributed by atoms with van der Waals surface area (Å²) in [5, 5.41) is 16.0. The molecule has 2 atom stereocenters. The molecule has 0 aliphatic heterocycles. The van der Waals surface area contributed by atoms with E-state index in [2.05, 4.69) is 10.3 Å². The molecule has 0 radical (unpaired) electrons. The van der Waals surface area contributed by atoms with E-state index in [1.165, 1.54) is 6.20 Å². The summed E-state index contributed by atoms with van der Waals surface area (Å²) in [6.07, 6.45) is 4.42. The molecule has 0 spiro atoms. The zero-order chi connectivity index (χ0) is 10.1. The number of nitrogens with two attached hydrogens (primary N) is 1. The third-order valence-electron chi connectivity index (χ3n) is 2.60. The first-order valence-electron chi connectivity index (χ1n) is 4.59. The number of hydrogen-bond donors (Lipinski definition) is 2. The van der Waals surface area contributed by atoms with Crippen molar-refractivity contribution in [1.82, 2.24) is 15.0 Å². The Morgan fingerprint density at radius 3 is 2.93 bits per heavy atom. The van der Waals surface area contributed by atoms with E-state index in [-0.39, 0.29) is 17.8 Å². The van der Waals surface area contributed by atoms with Crippen molar-refractivity contribution in [2.75, 3.05) is 0 Å². The van der Waals surface area contributed by atoms with E-state index in [9.17, 15) is 4.79 Å². The summed E-state index contributed by atoms with van der Waals surface area (Å²) in [6, 6.07) is 0.175. The van der Waals surface area contributed by atoms with Gasteiger partial charge in [0.2, 0.25) is 0 Å². The van der Waals surface area contributed by atoms with Gasteiger partial charge in [-0.25, -0.2) is 9.48 Å². The van der Waals surface area contributed by atoms with Crippen LogP contribution in [0.3, 0.4) is 0 Å². The normalized spacial score (nSPS) is 26.6. The van der Waals surface area contributed by atoms with Gasteiger partial charge >= 0.3 is 5.97 Å². The maximum absolute atomic E-state index is 10.6. The summed E-state index contributed by atoms with van der Waals surface area (Å²) in [7, 11) is 0. The van der Waals surface area contributed by atoms with E-state index in [1.54, 1.807) is 4.68 Å². The average molecular weight is 196 g/mol. The number of carbonyl (C=O) groups is 1. The van der Waals surface area contributed by atoms with Crippen molar-refractivity contribution in [3.8, 4) is 0 Å². The fraction of sp³-hybridized carbons (Fsp3) is 0.625. The second-order valence-electron chi connectivity index (χ2n) is 3.55. The van der Waals surface area contributed by atoms with Crippen molar-refractivity contribution in [3.63, 3.8) is 0 Å². The van der Waals surface area contributed by atoms with Gasteiger partial charge in [-0.05, 0) is 19.3 Å². The molecule has 1 aliphatic rings. The van der Waals surface area contributed by atoms with Gasteiger partial charge in [-0.15, -0.1) is 5.10 Å². The van der Waals surface area contributed by atoms with Crippen LogP contribution in [-0.4, -0.2) is 32.1 Å². The van der Waals surface area contributed by atoms with E-state index in [0.717, 1.165) is 19.3 Å². The molecule has 2 rings (SSSR count). The van der Waals surface area contributed by atoms with Crippen LogP contribution in [0.25, 0.3) is 0 Å². The lowest BCUT2D eigenvalue weighted by Gasteiger charge is -2.14. The molecule has 1 fully saturated rings. The topological polar surface area (TPSA) is 94.0 Å². The molecule has 76 valence electrons. The fourth-order valence-corrected chi connectivity index (χ4v) is 1.83. The Bertz CT molecular complexity index is 349. The third kappa shape index (κ3) is 1.48. The predicted octanol–water partition coefficient (Wildman–Crippen LogP) is 0.0286. The van der Waals surface area contributed by atoms with Crippen LogP contribution in [0.1, 0.15) is 35.8 Å². The molecule has 0 saturated heterocycles. The number of rotatable bonds is 2. The van der Waals surface area contributed by atoms with Gasteiger partial charge in [0.1, 0.15) is 0 Å². The van der Waals surface area contributed by atoms with Crippen LogP contribution in [0.2, 0.25) is 0 Å². The quantitative estimate of drug-likeness (QED) is 0.695. The van der Waals surface area contributed by atoms with Crippen LogP contribution in [0, 0.1) is 0 Å². The molecule has 1 aromatic rings. The lowest BCUT2D eigenvalue weighted by atomic mass is 10.2. The molecule has 1 aliphatic carbocycles. The van der Waals surface area contributed by atoms with Crippen LogP contribution >= 0.6 is 0 Å². The maximum Gasteiger partial charge on any atom is 0.358 e. The molecule has 1 saturated carbocycles. The Hall–Kier alpha value is -1.43. The van der Waals surface area contributed by atoms with E-state index in [0.29, 0.717) is 0 Å². The number of aromatic carboxylic acids is 1. The molecule has 2 unspecified atom stereocenters. The Labute approximate surface area is 80.7 Å². The standard InChI is InChI=1S/C8H12N4O2/c9-5-2-1-3-7(5)12-4-6(8(13)14)10-11-12/h4-5,7H,1-3,9H2,(H,13,14). The minimum absolute atomic E-state index is 0.0240. The molecule has 6 heteroatoms. The van der Waals surface area contributed by atoms with Gasteiger partial charge in [0, 0.05) is 6.04 Å². The summed E-state index contributed by atoms with van der Waals surface area (Å²) in [6.45, 7) is 0. The second kappa shape index (κ2) is 3.38. The smallest absolute Gasteiger partial charge is 0.358 e. The van der Waals surface area contributed by atoms with Crippen LogP contribution in [0.4, 0.5) is 0 Å². The van der Waals surface area contributed by atoms with E-state index < -0.39 is 5.97 Å². The number of carboxylic acid groups (broad SMARTS) is 1. The summed E-state index contributed by atoms with van der Waals surface area (Å²) in [4.78, 5) is 10.6. The molecule has 6 nitrogen and oxygen atoms in total. The fourth-order valence-electron chi connectivity index (χ4n) is 1.83. The number of nitrogens with zero attached hydrogens (tertiary/aromatic N) is 3. The Morgan fingerprint density at radius 2 is 2.43 bits per heavy atom. The molecule has 3 N–H and O–H groups in total. The van der Waals surface area contributed by atoms with Gasteiger partial charge in [-0.1, -0.05) is 5.21 Å². The molecule has 0 amide bonds. The van der Waals surface area contributed by atoms with Crippen molar-refractivity contribution >= 4 is 5.97 Å². The zero-order valence-corrected chi connectivity index (χ0v) is 7.63. The predicted molar refractivity (Wildman–Crippen MR) is 47.8 cm³/mol. The van der Waals surface area contributed by atoms with Crippen molar-refractivity contribution < 1.29 is 9.90 Å². The highest BCUT2D eigenvalue weighted by atomic mass is 16.4. The van der Waals surface area contributed by atoms with Gasteiger partial charge in [0.05, 0.1) is 12.2 Å². The molecular weight excluding hydrogens is 184 g/mol. The highest BCUT2D eigenvalue weighted by molar-refractivity contribution is 5.84. The van der Waals surface area contributed by atoms with Gasteiger partial charge in [-0.3, -0.25) is 0 Å². The highest BCUT2D eigenvalue weighted by Crippen LogP contribution is 2.27. The van der Waals surface area contributed by atoms with E-state index in [4.69, 9.17) is 10.8 Å². The van der Waals surface area contributed by atoms with Gasteiger partial charge in [0.15, 0.2) is 5.69 Å². The Morgan fingerprint density at radius 1 is 1.64 bits per heavy atom. The second-order valence-corrected chi connectivity index (χ2v) is 3.55. The van der Waals surface area contributed by atoms with Crippen molar-refractivity contribution in [3.05, 3.63) is 11.9 Å². The lowest BCUT2D eigenvalue weighted by Crippen LogP contribution is -2.27. The third-order valence-corrected chi connectivity index (χ3v) is 2.60. The van der Waals surface area contributed by atoms with E-state index >= 15 is 0 Å². The summed E-state index contributed by atoms with van der Waals surface area (Å²) in [5.74, 6) is -1.05. The van der Waals surface area contributed by atoms with Gasteiger partial charge in [-0.2, -0.15) is 0 Å². The lowest BCUT2D eigenvalue weighted by molar-refractivity contribution is 0.0690. The van der Waals surface area contributed by atoms with Gasteiger partial charge < -0.3 is 10.8 Å². The minimum Gasteiger partial charge on any atom is -0.476 e. The van der Waals surface area contributed by atoms with E-state index in [1.807, 2.05) is 0 Å². The molecular formula is C8H12N4O2. The number of aromatic nitrogens is 3. The zero-order valence-electron chi connectivity index (χ0n) is 7.63. The van der Waals surface area contributed by atoms with Crippen LogP contribution < -0.4 is 5.73 Å². The SMILES string of the molecule is NC1CCCC1n1cc(C(=O)O)nn1. The van der Waals surface area contributed by atoms with Crippen molar-refractivity contribution in [2.45, 2.75) is 31.3 Å². The first-order chi connectivity index (χ1) is 6.68. The minimum atomic E-state index is -1.05. The molecule has 0 bridgehead atoms. The Balaban J connectivity index is 2.20. The summed E-state index contributed by atoms with van der Waals surface area (Å²) in [5.41, 5.74) is 5.84. The highest BCUT2D eigenvalue weighted by Gasteiger charge is 2.27. The summed E-state index contributed by atoms with van der Waals surface area (Å²) >= 11 is 0. The molecule has 1 aromatic heterocycles. The largest absolute Gasteiger partial charge is 0.476 e. The summed E-state index contributed by atoms with van der Waals surface area (Å²) < 4.78 is 1.57. The maximum atomic E-state index is 10.6. The van der Waals surface area contributed by atoms with Crippen LogP contribution in [0.5, 0.6) is 0 Å². The Kier molecular flexibility index (Phi) is 2.20. The number of carboxylic acids is 1. The van der Waals surface area contributed by atoms with Crippen LogP contribution in [0.15, 0.2) is 6.20 Å². The molecule has 0 aromatic carbocycles. The van der Waals surface area contributed by atoms with Crippen LogP contribution in [-0.2, 0) is 0 Å². The first-order valence-corrected chi connectivity index (χ1v) is 4.59. The monoisotopic (exact) mass is 196 g/mol. The van der Waals surface area contributed by atoms with Crippen molar-refractivity contribution in [1.29, 1.82) is 0 Å². The molecule has 1 heterocycles.